The van der Waals surface area contributed by atoms with Gasteiger partial charge in [0.25, 0.3) is 0 Å². The van der Waals surface area contributed by atoms with Crippen LogP contribution >= 0.6 is 24.0 Å². The molecule has 1 heterocycles. The highest BCUT2D eigenvalue weighted by Crippen LogP contribution is 2.04. The Morgan fingerprint density at radius 2 is 1.88 bits per heavy atom. The van der Waals surface area contributed by atoms with Crippen LogP contribution in [0.2, 0.25) is 0 Å². The number of aliphatic imine (C=N–C) groups is 1. The monoisotopic (exact) mass is 463 g/mol. The Morgan fingerprint density at radius 1 is 1.12 bits per heavy atom. The average molecular weight is 463 g/mol. The highest BCUT2D eigenvalue weighted by molar-refractivity contribution is 14.0. The van der Waals surface area contributed by atoms with E-state index in [1.807, 2.05) is 0 Å². The minimum atomic E-state index is -0.212. The number of likely N-dealkylation sites (N-methyl/N-ethyl adjacent to an activating group) is 1. The number of guanidine groups is 1. The van der Waals surface area contributed by atoms with E-state index in [9.17, 15) is 4.39 Å². The molecule has 0 unspecified atom stereocenters. The maximum atomic E-state index is 12.9. The van der Waals surface area contributed by atoms with E-state index < -0.39 is 0 Å². The van der Waals surface area contributed by atoms with E-state index >= 15 is 0 Å². The van der Waals surface area contributed by atoms with E-state index in [0.717, 1.165) is 50.8 Å². The predicted octanol–water partition coefficient (Wildman–Crippen LogP) is 2.14. The van der Waals surface area contributed by atoms with Gasteiger partial charge >= 0.3 is 0 Å². The molecule has 0 bridgehead atoms. The number of halogens is 2. The first-order valence-electron chi connectivity index (χ1n) is 8.85. The molecule has 0 saturated carbocycles. The van der Waals surface area contributed by atoms with E-state index in [2.05, 4.69) is 39.4 Å². The van der Waals surface area contributed by atoms with Crippen LogP contribution in [-0.2, 0) is 6.54 Å². The minimum absolute atomic E-state index is 0. The van der Waals surface area contributed by atoms with Crippen LogP contribution < -0.4 is 10.6 Å². The van der Waals surface area contributed by atoms with Crippen molar-refractivity contribution in [3.8, 4) is 0 Å². The molecule has 1 aliphatic rings. The number of nitrogens with zero attached hydrogens (tertiary/aromatic N) is 3. The molecule has 142 valence electrons. The van der Waals surface area contributed by atoms with Crippen LogP contribution in [0.1, 0.15) is 18.9 Å². The van der Waals surface area contributed by atoms with E-state index in [4.69, 9.17) is 0 Å². The smallest absolute Gasteiger partial charge is 0.191 e. The third-order valence-electron chi connectivity index (χ3n) is 4.21. The van der Waals surface area contributed by atoms with Crippen molar-refractivity contribution in [1.29, 1.82) is 0 Å². The van der Waals surface area contributed by atoms with Gasteiger partial charge in [0, 0.05) is 32.7 Å². The molecule has 0 amide bonds. The van der Waals surface area contributed by atoms with Crippen molar-refractivity contribution in [2.75, 3.05) is 52.9 Å². The van der Waals surface area contributed by atoms with Crippen LogP contribution in [0.15, 0.2) is 29.3 Å². The first-order valence-corrected chi connectivity index (χ1v) is 8.85. The number of rotatable bonds is 6. The van der Waals surface area contributed by atoms with Crippen LogP contribution in [0.3, 0.4) is 0 Å². The molecule has 7 heteroatoms. The summed E-state index contributed by atoms with van der Waals surface area (Å²) in [6, 6.07) is 6.50. The minimum Gasteiger partial charge on any atom is -0.357 e. The van der Waals surface area contributed by atoms with Crippen molar-refractivity contribution in [2.45, 2.75) is 19.9 Å². The molecule has 0 atom stereocenters. The van der Waals surface area contributed by atoms with Crippen LogP contribution in [0.25, 0.3) is 0 Å². The predicted molar refractivity (Wildman–Crippen MR) is 113 cm³/mol. The summed E-state index contributed by atoms with van der Waals surface area (Å²) < 4.78 is 12.9. The first kappa shape index (κ1) is 22.1. The summed E-state index contributed by atoms with van der Waals surface area (Å²) in [7, 11) is 2.19. The van der Waals surface area contributed by atoms with E-state index in [0.29, 0.717) is 6.54 Å². The van der Waals surface area contributed by atoms with Gasteiger partial charge in [-0.1, -0.05) is 12.1 Å². The Bertz CT molecular complexity index is 509. The molecule has 25 heavy (non-hydrogen) atoms. The van der Waals surface area contributed by atoms with Gasteiger partial charge in [0.1, 0.15) is 5.82 Å². The summed E-state index contributed by atoms with van der Waals surface area (Å²) in [4.78, 5) is 9.46. The molecular weight excluding hydrogens is 432 g/mol. The first-order chi connectivity index (χ1) is 11.7. The molecule has 1 aromatic carbocycles. The van der Waals surface area contributed by atoms with E-state index in [1.54, 1.807) is 12.1 Å². The van der Waals surface area contributed by atoms with Gasteiger partial charge in [-0.05, 0) is 51.2 Å². The van der Waals surface area contributed by atoms with Gasteiger partial charge in [0.2, 0.25) is 0 Å². The Labute approximate surface area is 168 Å². The summed E-state index contributed by atoms with van der Waals surface area (Å²) in [5.74, 6) is 0.602. The molecule has 0 aliphatic carbocycles. The van der Waals surface area contributed by atoms with Crippen molar-refractivity contribution in [3.63, 3.8) is 0 Å². The van der Waals surface area contributed by atoms with Gasteiger partial charge in [-0.15, -0.1) is 24.0 Å². The maximum Gasteiger partial charge on any atom is 0.191 e. The fourth-order valence-electron chi connectivity index (χ4n) is 2.76. The van der Waals surface area contributed by atoms with Crippen molar-refractivity contribution < 1.29 is 4.39 Å². The zero-order valence-corrected chi connectivity index (χ0v) is 17.6. The van der Waals surface area contributed by atoms with Gasteiger partial charge in [-0.2, -0.15) is 0 Å². The van der Waals surface area contributed by atoms with Crippen molar-refractivity contribution in [1.82, 2.24) is 20.4 Å². The standard InChI is InChI=1S/C18H30FN5.HI/c1-3-20-18(22-15-16-5-7-17(19)8-6-16)21-9-12-24-11-4-10-23(2)13-14-24;/h5-8H,3-4,9-15H2,1-2H3,(H2,20,21,22);1H. The molecule has 0 radical (unpaired) electrons. The normalized spacial score (nSPS) is 16.8. The summed E-state index contributed by atoms with van der Waals surface area (Å²) in [6.45, 7) is 9.93. The molecule has 0 spiro atoms. The Hall–Kier alpha value is -0.930. The fourth-order valence-corrected chi connectivity index (χ4v) is 2.76. The third kappa shape index (κ3) is 8.82. The van der Waals surface area contributed by atoms with Crippen molar-refractivity contribution in [3.05, 3.63) is 35.6 Å². The van der Waals surface area contributed by atoms with Gasteiger partial charge in [0.05, 0.1) is 6.54 Å². The van der Waals surface area contributed by atoms with Gasteiger partial charge < -0.3 is 20.4 Å². The SMILES string of the molecule is CCNC(=NCc1ccc(F)cc1)NCCN1CCCN(C)CC1.I. The fraction of sp³-hybridized carbons (Fsp3) is 0.611. The summed E-state index contributed by atoms with van der Waals surface area (Å²) in [5, 5.41) is 6.65. The lowest BCUT2D eigenvalue weighted by Crippen LogP contribution is -2.42. The highest BCUT2D eigenvalue weighted by Gasteiger charge is 2.11. The topological polar surface area (TPSA) is 42.9 Å². The highest BCUT2D eigenvalue weighted by atomic mass is 127. The molecule has 5 nitrogen and oxygen atoms in total. The number of hydrogen-bond acceptors (Lipinski definition) is 3. The Balaban J connectivity index is 0.00000312. The molecule has 1 aliphatic heterocycles. The molecule has 1 fully saturated rings. The molecular formula is C18H31FIN5. The Kier molecular flexibility index (Phi) is 11.0. The summed E-state index contributed by atoms with van der Waals surface area (Å²) in [6.07, 6.45) is 1.23. The largest absolute Gasteiger partial charge is 0.357 e. The molecule has 2 rings (SSSR count). The van der Waals surface area contributed by atoms with Crippen LogP contribution in [0.4, 0.5) is 4.39 Å². The Morgan fingerprint density at radius 3 is 2.60 bits per heavy atom. The molecule has 2 N–H and O–H groups in total. The maximum absolute atomic E-state index is 12.9. The van der Waals surface area contributed by atoms with Crippen LogP contribution in [-0.4, -0.2) is 68.6 Å². The average Bonchev–Trinajstić information content (AvgIpc) is 2.78. The zero-order valence-electron chi connectivity index (χ0n) is 15.3. The van der Waals surface area contributed by atoms with Gasteiger partial charge in [0.15, 0.2) is 5.96 Å². The van der Waals surface area contributed by atoms with E-state index in [1.165, 1.54) is 25.1 Å². The van der Waals surface area contributed by atoms with Gasteiger partial charge in [-0.3, -0.25) is 0 Å². The number of benzene rings is 1. The molecule has 1 saturated heterocycles. The number of hydrogen-bond donors (Lipinski definition) is 2. The lowest BCUT2D eigenvalue weighted by molar-refractivity contribution is 0.280. The summed E-state index contributed by atoms with van der Waals surface area (Å²) >= 11 is 0. The van der Waals surface area contributed by atoms with Gasteiger partial charge in [-0.25, -0.2) is 9.38 Å². The lowest BCUT2D eigenvalue weighted by Gasteiger charge is -2.21. The van der Waals surface area contributed by atoms with E-state index in [-0.39, 0.29) is 29.8 Å². The number of nitrogens with one attached hydrogen (secondary N) is 2. The second kappa shape index (κ2) is 12.4. The molecule has 1 aromatic rings. The second-order valence-electron chi connectivity index (χ2n) is 6.25. The van der Waals surface area contributed by atoms with Crippen molar-refractivity contribution in [2.24, 2.45) is 4.99 Å². The lowest BCUT2D eigenvalue weighted by atomic mass is 10.2. The molecule has 0 aromatic heterocycles. The van der Waals surface area contributed by atoms with Crippen molar-refractivity contribution >= 4 is 29.9 Å². The summed E-state index contributed by atoms with van der Waals surface area (Å²) in [5.41, 5.74) is 1.00. The second-order valence-corrected chi connectivity index (χ2v) is 6.25. The zero-order chi connectivity index (χ0) is 17.2. The van der Waals surface area contributed by atoms with Crippen LogP contribution in [0.5, 0.6) is 0 Å². The quantitative estimate of drug-likeness (QED) is 0.386. The van der Waals surface area contributed by atoms with Crippen LogP contribution in [0, 0.1) is 5.82 Å². The third-order valence-corrected chi connectivity index (χ3v) is 4.21.